The van der Waals surface area contributed by atoms with Gasteiger partial charge in [-0.2, -0.15) is 0 Å². The molecule has 0 saturated heterocycles. The van der Waals surface area contributed by atoms with E-state index in [-0.39, 0.29) is 18.9 Å². The molecule has 1 amide bonds. The standard InChI is InChI=1S/C21H20BrNO4/c22-17-7-5-16(6-8-17)21(26)23-12-9-15(10-13-23)18-3-1-2-4-19(18)27-14-11-20(24)25/h1-9H,10-14H2,(H,24,25). The number of aliphatic carboxylic acids is 1. The second kappa shape index (κ2) is 8.86. The molecule has 0 aromatic heterocycles. The van der Waals surface area contributed by atoms with Gasteiger partial charge in [0.1, 0.15) is 5.75 Å². The summed E-state index contributed by atoms with van der Waals surface area (Å²) < 4.78 is 6.59. The van der Waals surface area contributed by atoms with Gasteiger partial charge in [-0.05, 0) is 42.3 Å². The summed E-state index contributed by atoms with van der Waals surface area (Å²) in [6.45, 7) is 1.30. The number of hydrogen-bond acceptors (Lipinski definition) is 3. The Morgan fingerprint density at radius 3 is 2.52 bits per heavy atom. The number of hydrogen-bond donors (Lipinski definition) is 1. The minimum Gasteiger partial charge on any atom is -0.492 e. The van der Waals surface area contributed by atoms with Gasteiger partial charge in [0.2, 0.25) is 0 Å². The summed E-state index contributed by atoms with van der Waals surface area (Å²) in [5.41, 5.74) is 2.74. The van der Waals surface area contributed by atoms with Crippen molar-refractivity contribution in [1.82, 2.24) is 4.90 Å². The van der Waals surface area contributed by atoms with Crippen LogP contribution in [0.1, 0.15) is 28.8 Å². The third-order valence-corrected chi connectivity index (χ3v) is 4.92. The number of amides is 1. The molecular weight excluding hydrogens is 410 g/mol. The molecule has 0 unspecified atom stereocenters. The zero-order valence-electron chi connectivity index (χ0n) is 14.7. The maximum absolute atomic E-state index is 12.6. The minimum absolute atomic E-state index is 0.0174. The van der Waals surface area contributed by atoms with Gasteiger partial charge in [0.25, 0.3) is 5.91 Å². The van der Waals surface area contributed by atoms with E-state index < -0.39 is 5.97 Å². The van der Waals surface area contributed by atoms with Crippen LogP contribution in [0.5, 0.6) is 5.75 Å². The Bertz CT molecular complexity index is 861. The Morgan fingerprint density at radius 2 is 1.85 bits per heavy atom. The second-order valence-corrected chi connectivity index (χ2v) is 7.14. The van der Waals surface area contributed by atoms with Gasteiger partial charge in [-0.1, -0.05) is 40.2 Å². The normalized spacial score (nSPS) is 13.8. The molecule has 0 fully saturated rings. The first-order valence-corrected chi connectivity index (χ1v) is 9.52. The van der Waals surface area contributed by atoms with Gasteiger partial charge in [-0.25, -0.2) is 0 Å². The van der Waals surface area contributed by atoms with Gasteiger partial charge >= 0.3 is 5.97 Å². The van der Waals surface area contributed by atoms with Crippen molar-refractivity contribution < 1.29 is 19.4 Å². The molecule has 140 valence electrons. The Balaban J connectivity index is 1.69. The van der Waals surface area contributed by atoms with Crippen LogP contribution < -0.4 is 4.74 Å². The highest BCUT2D eigenvalue weighted by atomic mass is 79.9. The number of carboxylic acids is 1. The van der Waals surface area contributed by atoms with Crippen LogP contribution in [0.15, 0.2) is 59.1 Å². The minimum atomic E-state index is -0.883. The molecule has 2 aromatic rings. The number of rotatable bonds is 6. The molecule has 0 bridgehead atoms. The van der Waals surface area contributed by atoms with Crippen molar-refractivity contribution in [3.8, 4) is 5.75 Å². The maximum atomic E-state index is 12.6. The van der Waals surface area contributed by atoms with Crippen LogP contribution in [0.3, 0.4) is 0 Å². The first-order chi connectivity index (χ1) is 13.0. The fraction of sp³-hybridized carbons (Fsp3) is 0.238. The first-order valence-electron chi connectivity index (χ1n) is 8.72. The predicted octanol–water partition coefficient (Wildman–Crippen LogP) is 4.23. The van der Waals surface area contributed by atoms with E-state index >= 15 is 0 Å². The fourth-order valence-electron chi connectivity index (χ4n) is 2.98. The molecule has 27 heavy (non-hydrogen) atoms. The molecule has 1 N–H and O–H groups in total. The third kappa shape index (κ3) is 4.98. The zero-order valence-corrected chi connectivity index (χ0v) is 16.3. The lowest BCUT2D eigenvalue weighted by molar-refractivity contribution is -0.137. The number of ether oxygens (including phenoxy) is 1. The smallest absolute Gasteiger partial charge is 0.306 e. The maximum Gasteiger partial charge on any atom is 0.306 e. The van der Waals surface area contributed by atoms with Gasteiger partial charge in [0, 0.05) is 28.7 Å². The number of para-hydroxylation sites is 1. The third-order valence-electron chi connectivity index (χ3n) is 4.39. The Morgan fingerprint density at radius 1 is 1.11 bits per heavy atom. The molecule has 0 spiro atoms. The first kappa shape index (κ1) is 19.2. The lowest BCUT2D eigenvalue weighted by Gasteiger charge is -2.27. The predicted molar refractivity (Wildman–Crippen MR) is 107 cm³/mol. The van der Waals surface area contributed by atoms with Crippen LogP contribution in [0.4, 0.5) is 0 Å². The van der Waals surface area contributed by atoms with Crippen LogP contribution in [0, 0.1) is 0 Å². The van der Waals surface area contributed by atoms with Crippen molar-refractivity contribution in [3.63, 3.8) is 0 Å². The molecule has 1 heterocycles. The van der Waals surface area contributed by atoms with E-state index in [0.717, 1.165) is 22.0 Å². The van der Waals surface area contributed by atoms with Gasteiger partial charge < -0.3 is 14.7 Å². The number of carboxylic acid groups (broad SMARTS) is 1. The lowest BCUT2D eigenvalue weighted by atomic mass is 9.98. The summed E-state index contributed by atoms with van der Waals surface area (Å²) in [4.78, 5) is 25.1. The summed E-state index contributed by atoms with van der Waals surface area (Å²) in [6, 6.07) is 15.0. The van der Waals surface area contributed by atoms with Crippen molar-refractivity contribution in [2.24, 2.45) is 0 Å². The lowest BCUT2D eigenvalue weighted by Crippen LogP contribution is -2.34. The van der Waals surface area contributed by atoms with Crippen molar-refractivity contribution in [1.29, 1.82) is 0 Å². The summed E-state index contributed by atoms with van der Waals surface area (Å²) in [5.74, 6) is -0.187. The molecule has 1 aliphatic rings. The fourth-order valence-corrected chi connectivity index (χ4v) is 3.24. The van der Waals surface area contributed by atoms with Crippen molar-refractivity contribution in [2.75, 3.05) is 19.7 Å². The molecule has 0 saturated carbocycles. The van der Waals surface area contributed by atoms with Gasteiger partial charge in [0.05, 0.1) is 13.0 Å². The van der Waals surface area contributed by atoms with E-state index in [9.17, 15) is 9.59 Å². The SMILES string of the molecule is O=C(O)CCOc1ccccc1C1=CCN(C(=O)c2ccc(Br)cc2)CC1. The van der Waals surface area contributed by atoms with E-state index in [4.69, 9.17) is 9.84 Å². The average Bonchev–Trinajstić information content (AvgIpc) is 2.68. The number of nitrogens with zero attached hydrogens (tertiary/aromatic N) is 1. The average molecular weight is 430 g/mol. The monoisotopic (exact) mass is 429 g/mol. The summed E-state index contributed by atoms with van der Waals surface area (Å²) in [5, 5.41) is 8.77. The zero-order chi connectivity index (χ0) is 19.2. The quantitative estimate of drug-likeness (QED) is 0.745. The molecule has 6 heteroatoms. The topological polar surface area (TPSA) is 66.8 Å². The molecule has 3 rings (SSSR count). The summed E-state index contributed by atoms with van der Waals surface area (Å²) in [7, 11) is 0. The number of carbonyl (C=O) groups is 2. The number of halogens is 1. The summed E-state index contributed by atoms with van der Waals surface area (Å²) >= 11 is 3.38. The number of carbonyl (C=O) groups excluding carboxylic acids is 1. The highest BCUT2D eigenvalue weighted by molar-refractivity contribution is 9.10. The van der Waals surface area contributed by atoms with Crippen LogP contribution in [-0.4, -0.2) is 41.6 Å². The van der Waals surface area contributed by atoms with E-state index in [0.29, 0.717) is 24.4 Å². The van der Waals surface area contributed by atoms with Gasteiger partial charge in [0.15, 0.2) is 0 Å². The van der Waals surface area contributed by atoms with Gasteiger partial charge in [-0.15, -0.1) is 0 Å². The molecule has 5 nitrogen and oxygen atoms in total. The highest BCUT2D eigenvalue weighted by Gasteiger charge is 2.20. The van der Waals surface area contributed by atoms with E-state index in [1.54, 1.807) is 0 Å². The Labute approximate surface area is 166 Å². The molecule has 2 aromatic carbocycles. The van der Waals surface area contributed by atoms with E-state index in [2.05, 4.69) is 15.9 Å². The highest BCUT2D eigenvalue weighted by Crippen LogP contribution is 2.30. The van der Waals surface area contributed by atoms with E-state index in [1.165, 1.54) is 0 Å². The Kier molecular flexibility index (Phi) is 6.29. The van der Waals surface area contributed by atoms with Crippen LogP contribution in [0.2, 0.25) is 0 Å². The van der Waals surface area contributed by atoms with Crippen molar-refractivity contribution in [3.05, 3.63) is 70.2 Å². The van der Waals surface area contributed by atoms with Gasteiger partial charge in [-0.3, -0.25) is 9.59 Å². The van der Waals surface area contributed by atoms with Crippen molar-refractivity contribution in [2.45, 2.75) is 12.8 Å². The van der Waals surface area contributed by atoms with Crippen LogP contribution in [0.25, 0.3) is 5.57 Å². The van der Waals surface area contributed by atoms with Crippen LogP contribution >= 0.6 is 15.9 Å². The van der Waals surface area contributed by atoms with Crippen molar-refractivity contribution >= 4 is 33.4 Å². The Hall–Kier alpha value is -2.60. The molecule has 0 aliphatic carbocycles. The summed E-state index contributed by atoms with van der Waals surface area (Å²) in [6.07, 6.45) is 2.73. The van der Waals surface area contributed by atoms with Crippen LogP contribution in [-0.2, 0) is 4.79 Å². The van der Waals surface area contributed by atoms with E-state index in [1.807, 2.05) is 59.5 Å². The second-order valence-electron chi connectivity index (χ2n) is 6.23. The molecule has 0 atom stereocenters. The molecule has 1 aliphatic heterocycles. The molecular formula is C21H20BrNO4. The largest absolute Gasteiger partial charge is 0.492 e. The number of benzene rings is 2. The molecule has 0 radical (unpaired) electrons.